The maximum Gasteiger partial charge on any atom is 0.115 e. The summed E-state index contributed by atoms with van der Waals surface area (Å²) in [5, 5.41) is 12.2. The van der Waals surface area contributed by atoms with Gasteiger partial charge in [-0.2, -0.15) is 5.11 Å². The highest BCUT2D eigenvalue weighted by molar-refractivity contribution is 5.55. The third-order valence-electron chi connectivity index (χ3n) is 7.65. The van der Waals surface area contributed by atoms with Crippen molar-refractivity contribution in [2.24, 2.45) is 34.0 Å². The highest BCUT2D eigenvalue weighted by Crippen LogP contribution is 2.77. The van der Waals surface area contributed by atoms with E-state index in [4.69, 9.17) is 10.3 Å². The van der Waals surface area contributed by atoms with Crippen molar-refractivity contribution < 1.29 is 0 Å². The zero-order chi connectivity index (χ0) is 13.7. The van der Waals surface area contributed by atoms with E-state index >= 15 is 0 Å². The minimum Gasteiger partial charge on any atom is -0.238 e. The van der Waals surface area contributed by atoms with Gasteiger partial charge in [0.15, 0.2) is 0 Å². The van der Waals surface area contributed by atoms with Gasteiger partial charge in [0, 0.05) is 0 Å². The molecule has 0 radical (unpaired) electrons. The zero-order valence-electron chi connectivity index (χ0n) is 12.3. The van der Waals surface area contributed by atoms with Gasteiger partial charge in [-0.15, -0.1) is 0 Å². The average molecular weight is 279 g/mol. The van der Waals surface area contributed by atoms with Gasteiger partial charge in [-0.25, -0.2) is 5.01 Å². The van der Waals surface area contributed by atoms with Gasteiger partial charge < -0.3 is 0 Å². The molecule has 0 N–H and O–H groups in total. The number of hydrogen-bond donors (Lipinski definition) is 0. The monoisotopic (exact) mass is 279 g/mol. The Labute approximate surface area is 125 Å². The number of rotatable bonds is 1. The van der Waals surface area contributed by atoms with Crippen molar-refractivity contribution >= 4 is 5.69 Å². The Hall–Kier alpha value is -1.38. The molecule has 21 heavy (non-hydrogen) atoms. The molecule has 0 saturated heterocycles. The van der Waals surface area contributed by atoms with Crippen molar-refractivity contribution in [3.05, 3.63) is 30.3 Å². The summed E-state index contributed by atoms with van der Waals surface area (Å²) in [4.78, 5) is 0. The Kier molecular flexibility index (Phi) is 1.78. The van der Waals surface area contributed by atoms with Crippen molar-refractivity contribution in [1.82, 2.24) is 0 Å². The van der Waals surface area contributed by atoms with Crippen LogP contribution in [0.25, 0.3) is 0 Å². The topological polar surface area (TPSA) is 28.0 Å². The first-order chi connectivity index (χ1) is 10.4. The Balaban J connectivity index is 1.60. The highest BCUT2D eigenvalue weighted by atomic mass is 15.7. The van der Waals surface area contributed by atoms with Gasteiger partial charge in [-0.1, -0.05) is 23.4 Å². The van der Waals surface area contributed by atoms with Crippen LogP contribution in [0.3, 0.4) is 0 Å². The molecular weight excluding hydrogens is 258 g/mol. The molecule has 0 aromatic heterocycles. The van der Waals surface area contributed by atoms with Gasteiger partial charge >= 0.3 is 0 Å². The number of anilines is 1. The molecule has 0 spiro atoms. The van der Waals surface area contributed by atoms with Crippen molar-refractivity contribution in [3.63, 3.8) is 0 Å². The standard InChI is InChI=1S/C18H21N3/c1-2-4-16(5-3-1)21-18-14-8-6-12(10-14)17(18,19-20-21)13-7-9-15(18)11-13/h1-5,12-15H,6-11H2/t12-,13-,14-,15-,17?,18?/m1/s1. The smallest absolute Gasteiger partial charge is 0.115 e. The van der Waals surface area contributed by atoms with E-state index in [0.29, 0.717) is 0 Å². The third-order valence-corrected chi connectivity index (χ3v) is 7.65. The molecule has 4 aliphatic carbocycles. The Morgan fingerprint density at radius 3 is 2.14 bits per heavy atom. The minimum atomic E-state index is 0.189. The van der Waals surface area contributed by atoms with Crippen LogP contribution in [0.4, 0.5) is 5.69 Å². The van der Waals surface area contributed by atoms with Crippen LogP contribution in [-0.2, 0) is 0 Å². The summed E-state index contributed by atoms with van der Waals surface area (Å²) in [5.74, 6) is 3.28. The van der Waals surface area contributed by atoms with Gasteiger partial charge in [0.25, 0.3) is 0 Å². The summed E-state index contributed by atoms with van der Waals surface area (Å²) >= 11 is 0. The van der Waals surface area contributed by atoms with E-state index in [1.54, 1.807) is 0 Å². The molecule has 0 unspecified atom stereocenters. The largest absolute Gasteiger partial charge is 0.238 e. The molecule has 5 aliphatic rings. The zero-order valence-corrected chi connectivity index (χ0v) is 12.3. The van der Waals surface area contributed by atoms with E-state index in [-0.39, 0.29) is 11.1 Å². The van der Waals surface area contributed by atoms with Crippen LogP contribution >= 0.6 is 0 Å². The molecule has 6 rings (SSSR count). The van der Waals surface area contributed by atoms with E-state index in [1.807, 2.05) is 0 Å². The third kappa shape index (κ3) is 0.949. The van der Waals surface area contributed by atoms with Crippen molar-refractivity contribution in [1.29, 1.82) is 0 Å². The summed E-state index contributed by atoms with van der Waals surface area (Å²) < 4.78 is 0. The maximum atomic E-state index is 5.06. The lowest BCUT2D eigenvalue weighted by Gasteiger charge is -2.52. The Morgan fingerprint density at radius 1 is 0.857 bits per heavy atom. The van der Waals surface area contributed by atoms with Crippen LogP contribution < -0.4 is 5.01 Å². The van der Waals surface area contributed by atoms with E-state index in [1.165, 1.54) is 44.2 Å². The van der Waals surface area contributed by atoms with E-state index in [9.17, 15) is 0 Å². The lowest BCUT2D eigenvalue weighted by molar-refractivity contribution is 0.0899. The number of benzene rings is 1. The van der Waals surface area contributed by atoms with Gasteiger partial charge in [-0.3, -0.25) is 0 Å². The van der Waals surface area contributed by atoms with Crippen LogP contribution in [0.1, 0.15) is 38.5 Å². The summed E-state index contributed by atoms with van der Waals surface area (Å²) in [7, 11) is 0. The molecule has 108 valence electrons. The Morgan fingerprint density at radius 2 is 1.48 bits per heavy atom. The van der Waals surface area contributed by atoms with Crippen LogP contribution in [0.5, 0.6) is 0 Å². The van der Waals surface area contributed by atoms with Crippen LogP contribution in [0.2, 0.25) is 0 Å². The second kappa shape index (κ2) is 3.34. The molecule has 1 aromatic rings. The molecule has 4 atom stereocenters. The quantitative estimate of drug-likeness (QED) is 0.756. The van der Waals surface area contributed by atoms with Gasteiger partial charge in [-0.05, 0) is 74.3 Å². The number of para-hydroxylation sites is 1. The van der Waals surface area contributed by atoms with Crippen LogP contribution in [-0.4, -0.2) is 11.1 Å². The maximum absolute atomic E-state index is 5.06. The van der Waals surface area contributed by atoms with Crippen LogP contribution in [0.15, 0.2) is 40.7 Å². The lowest BCUT2D eigenvalue weighted by Crippen LogP contribution is -2.65. The molecule has 1 aromatic carbocycles. The fraction of sp³-hybridized carbons (Fsp3) is 0.667. The SMILES string of the molecule is c1ccc(N2N=NC34[C@@H]5CC[C@H](C5)C23[C@@H]2CC[C@@H]4C2)cc1. The molecule has 1 aliphatic heterocycles. The fourth-order valence-electron chi connectivity index (χ4n) is 7.32. The fourth-order valence-corrected chi connectivity index (χ4v) is 7.32. The predicted molar refractivity (Wildman–Crippen MR) is 80.9 cm³/mol. The summed E-state index contributed by atoms with van der Waals surface area (Å²) in [6, 6.07) is 10.8. The van der Waals surface area contributed by atoms with Gasteiger partial charge in [0.1, 0.15) is 5.54 Å². The summed E-state index contributed by atoms with van der Waals surface area (Å²) in [6.45, 7) is 0. The van der Waals surface area contributed by atoms with E-state index < -0.39 is 0 Å². The molecule has 1 heterocycles. The molecule has 4 saturated carbocycles. The minimum absolute atomic E-state index is 0.189. The molecule has 4 fully saturated rings. The van der Waals surface area contributed by atoms with Crippen LogP contribution in [0, 0.1) is 23.7 Å². The molecular formula is C18H21N3. The number of hydrogen-bond acceptors (Lipinski definition) is 3. The lowest BCUT2D eigenvalue weighted by atomic mass is 9.60. The highest BCUT2D eigenvalue weighted by Gasteiger charge is 2.82. The molecule has 4 bridgehead atoms. The number of fused-ring (bicyclic) bond motifs is 4. The second-order valence-electron chi connectivity index (χ2n) is 7.90. The molecule has 3 nitrogen and oxygen atoms in total. The number of nitrogens with zero attached hydrogens (tertiary/aromatic N) is 3. The molecule has 0 amide bonds. The van der Waals surface area contributed by atoms with Gasteiger partial charge in [0.05, 0.1) is 11.2 Å². The van der Waals surface area contributed by atoms with Gasteiger partial charge in [0.2, 0.25) is 0 Å². The Bertz CT molecular complexity index is 615. The normalized spacial score (nSPS) is 51.7. The first-order valence-electron chi connectivity index (χ1n) is 8.65. The van der Waals surface area contributed by atoms with Crippen molar-refractivity contribution in [2.45, 2.75) is 49.6 Å². The first-order valence-corrected chi connectivity index (χ1v) is 8.65. The van der Waals surface area contributed by atoms with E-state index in [2.05, 4.69) is 35.3 Å². The van der Waals surface area contributed by atoms with Crippen molar-refractivity contribution in [2.75, 3.05) is 5.01 Å². The first kappa shape index (κ1) is 11.2. The summed E-state index contributed by atoms with van der Waals surface area (Å²) in [6.07, 6.45) is 8.44. The van der Waals surface area contributed by atoms with Crippen molar-refractivity contribution in [3.8, 4) is 0 Å². The second-order valence-corrected chi connectivity index (χ2v) is 7.90. The predicted octanol–water partition coefficient (Wildman–Crippen LogP) is 4.21. The molecule has 3 heteroatoms. The average Bonchev–Trinajstić information content (AvgIpc) is 3.28. The van der Waals surface area contributed by atoms with E-state index in [0.717, 1.165) is 23.7 Å². The summed E-state index contributed by atoms with van der Waals surface area (Å²) in [5.41, 5.74) is 1.71.